The van der Waals surface area contributed by atoms with E-state index in [1.165, 1.54) is 0 Å². The van der Waals surface area contributed by atoms with Crippen molar-refractivity contribution >= 4 is 33.4 Å². The zero-order valence-corrected chi connectivity index (χ0v) is 19.6. The number of nitrogens with one attached hydrogen (secondary N) is 1. The standard InChI is InChI=1S/C24H27N3O6S/c1-26(22(29)10-15-5-6-21-19(9-15)25-24(32)34-21)20(13-27-8-7-17(28)12-27)16-3-2-4-18(11-16)33-14-23(30)31/h2-6,9,11,17,20,28H,7-8,10,12-14H2,1H3,(H,25,32)(H,30,31)/t17-,20?/m0/s1. The van der Waals surface area contributed by atoms with Crippen LogP contribution in [0.5, 0.6) is 5.75 Å². The second-order valence-corrected chi connectivity index (χ2v) is 9.51. The molecular formula is C24H27N3O6S. The van der Waals surface area contributed by atoms with Gasteiger partial charge < -0.3 is 24.8 Å². The van der Waals surface area contributed by atoms with Crippen molar-refractivity contribution in [2.75, 3.05) is 33.3 Å². The second-order valence-electron chi connectivity index (χ2n) is 8.50. The molecule has 34 heavy (non-hydrogen) atoms. The zero-order chi connectivity index (χ0) is 24.2. The van der Waals surface area contributed by atoms with Gasteiger partial charge in [-0.25, -0.2) is 4.79 Å². The van der Waals surface area contributed by atoms with Gasteiger partial charge in [0.05, 0.1) is 28.8 Å². The van der Waals surface area contributed by atoms with Crippen LogP contribution >= 0.6 is 11.3 Å². The molecule has 0 aliphatic carbocycles. The van der Waals surface area contributed by atoms with Gasteiger partial charge >= 0.3 is 10.8 Å². The first-order valence-corrected chi connectivity index (χ1v) is 11.8. The van der Waals surface area contributed by atoms with Crippen LogP contribution in [0.4, 0.5) is 0 Å². The molecular weight excluding hydrogens is 458 g/mol. The van der Waals surface area contributed by atoms with Crippen molar-refractivity contribution in [3.8, 4) is 5.75 Å². The lowest BCUT2D eigenvalue weighted by Gasteiger charge is -2.32. The van der Waals surface area contributed by atoms with E-state index in [2.05, 4.69) is 9.88 Å². The Hall–Kier alpha value is -3.21. The molecule has 1 aliphatic rings. The summed E-state index contributed by atoms with van der Waals surface area (Å²) in [6, 6.07) is 12.3. The number of fused-ring (bicyclic) bond motifs is 1. The SMILES string of the molecule is CN(C(=O)Cc1ccc2sc(=O)[nH]c2c1)C(CN1CC[C@H](O)C1)c1cccc(OCC(=O)O)c1. The minimum Gasteiger partial charge on any atom is -0.482 e. The van der Waals surface area contributed by atoms with Gasteiger partial charge in [0.25, 0.3) is 0 Å². The number of ether oxygens (including phenoxy) is 1. The first kappa shape index (κ1) is 23.9. The summed E-state index contributed by atoms with van der Waals surface area (Å²) in [5.74, 6) is -0.748. The molecule has 3 aromatic rings. The van der Waals surface area contributed by atoms with E-state index in [1.54, 1.807) is 30.1 Å². The minimum absolute atomic E-state index is 0.0986. The smallest absolute Gasteiger partial charge is 0.341 e. The molecule has 2 atom stereocenters. The lowest BCUT2D eigenvalue weighted by atomic mass is 10.0. The number of thiazole rings is 1. The quantitative estimate of drug-likeness (QED) is 0.423. The van der Waals surface area contributed by atoms with Crippen LogP contribution in [-0.2, 0) is 16.0 Å². The van der Waals surface area contributed by atoms with Gasteiger partial charge in [0.2, 0.25) is 5.91 Å². The molecule has 2 aromatic carbocycles. The molecule has 2 heterocycles. The number of benzene rings is 2. The number of likely N-dealkylation sites (N-methyl/N-ethyl adjacent to an activating group) is 1. The third-order valence-corrected chi connectivity index (χ3v) is 6.85. The van der Waals surface area contributed by atoms with E-state index in [-0.39, 0.29) is 29.3 Å². The van der Waals surface area contributed by atoms with E-state index < -0.39 is 12.6 Å². The highest BCUT2D eigenvalue weighted by molar-refractivity contribution is 7.16. The highest BCUT2D eigenvalue weighted by Gasteiger charge is 2.28. The van der Waals surface area contributed by atoms with Crippen molar-refractivity contribution in [3.63, 3.8) is 0 Å². The Morgan fingerprint density at radius 2 is 2.12 bits per heavy atom. The van der Waals surface area contributed by atoms with Crippen LogP contribution in [0.2, 0.25) is 0 Å². The van der Waals surface area contributed by atoms with Crippen molar-refractivity contribution in [2.24, 2.45) is 0 Å². The molecule has 0 radical (unpaired) electrons. The number of aliphatic hydroxyl groups excluding tert-OH is 1. The Morgan fingerprint density at radius 1 is 1.29 bits per heavy atom. The molecule has 1 aromatic heterocycles. The number of aromatic nitrogens is 1. The average Bonchev–Trinajstić information content (AvgIpc) is 3.39. The van der Waals surface area contributed by atoms with E-state index in [9.17, 15) is 19.5 Å². The number of carbonyl (C=O) groups excluding carboxylic acids is 1. The van der Waals surface area contributed by atoms with Gasteiger partial charge in [-0.15, -0.1) is 0 Å². The normalized spacial score (nSPS) is 17.1. The first-order valence-electron chi connectivity index (χ1n) is 11.0. The Balaban J connectivity index is 1.55. The molecule has 1 unspecified atom stereocenters. The third kappa shape index (κ3) is 5.82. The number of hydrogen-bond acceptors (Lipinski definition) is 7. The van der Waals surface area contributed by atoms with E-state index in [4.69, 9.17) is 9.84 Å². The summed E-state index contributed by atoms with van der Waals surface area (Å²) < 4.78 is 6.18. The number of carboxylic acids is 1. The molecule has 0 spiro atoms. The predicted molar refractivity (Wildman–Crippen MR) is 128 cm³/mol. The summed E-state index contributed by atoms with van der Waals surface area (Å²) in [4.78, 5) is 42.2. The van der Waals surface area contributed by atoms with Crippen molar-refractivity contribution in [1.29, 1.82) is 0 Å². The van der Waals surface area contributed by atoms with Gasteiger partial charge in [-0.05, 0) is 41.8 Å². The van der Waals surface area contributed by atoms with Crippen LogP contribution in [-0.4, -0.2) is 76.3 Å². The fraction of sp³-hybridized carbons (Fsp3) is 0.375. The molecule has 3 N–H and O–H groups in total. The number of amides is 1. The number of nitrogens with zero attached hydrogens (tertiary/aromatic N) is 2. The highest BCUT2D eigenvalue weighted by Crippen LogP contribution is 2.27. The lowest BCUT2D eigenvalue weighted by Crippen LogP contribution is -2.39. The summed E-state index contributed by atoms with van der Waals surface area (Å²) in [5.41, 5.74) is 2.33. The maximum absolute atomic E-state index is 13.3. The molecule has 4 rings (SSSR count). The van der Waals surface area contributed by atoms with Crippen LogP contribution in [0.15, 0.2) is 47.3 Å². The van der Waals surface area contributed by atoms with Gasteiger partial charge in [0, 0.05) is 26.7 Å². The van der Waals surface area contributed by atoms with Crippen LogP contribution in [0.1, 0.15) is 23.6 Å². The fourth-order valence-electron chi connectivity index (χ4n) is 4.21. The van der Waals surface area contributed by atoms with Gasteiger partial charge in [0.1, 0.15) is 5.75 Å². The topological polar surface area (TPSA) is 123 Å². The van der Waals surface area contributed by atoms with Crippen molar-refractivity contribution in [1.82, 2.24) is 14.8 Å². The number of rotatable bonds is 9. The predicted octanol–water partition coefficient (Wildman–Crippen LogP) is 1.86. The first-order chi connectivity index (χ1) is 16.3. The van der Waals surface area contributed by atoms with Gasteiger partial charge in [0.15, 0.2) is 6.61 Å². The van der Waals surface area contributed by atoms with Gasteiger partial charge in [-0.3, -0.25) is 14.5 Å². The summed E-state index contributed by atoms with van der Waals surface area (Å²) in [7, 11) is 1.75. The van der Waals surface area contributed by atoms with Gasteiger partial charge in [-0.1, -0.05) is 29.5 Å². The third-order valence-electron chi connectivity index (χ3n) is 5.98. The Morgan fingerprint density at radius 3 is 2.85 bits per heavy atom. The summed E-state index contributed by atoms with van der Waals surface area (Å²) >= 11 is 1.13. The van der Waals surface area contributed by atoms with E-state index in [0.29, 0.717) is 30.8 Å². The van der Waals surface area contributed by atoms with Crippen LogP contribution < -0.4 is 9.61 Å². The number of aromatic amines is 1. The average molecular weight is 486 g/mol. The number of hydrogen-bond donors (Lipinski definition) is 3. The second kappa shape index (κ2) is 10.4. The number of aliphatic hydroxyl groups is 1. The van der Waals surface area contributed by atoms with Crippen LogP contribution in [0.3, 0.4) is 0 Å². The zero-order valence-electron chi connectivity index (χ0n) is 18.8. The van der Waals surface area contributed by atoms with E-state index in [0.717, 1.165) is 33.7 Å². The molecule has 1 aliphatic heterocycles. The lowest BCUT2D eigenvalue weighted by molar-refractivity contribution is -0.139. The van der Waals surface area contributed by atoms with Crippen molar-refractivity contribution in [3.05, 3.63) is 63.3 Å². The largest absolute Gasteiger partial charge is 0.482 e. The summed E-state index contributed by atoms with van der Waals surface area (Å²) in [6.07, 6.45) is 0.468. The van der Waals surface area contributed by atoms with Gasteiger partial charge in [-0.2, -0.15) is 0 Å². The van der Waals surface area contributed by atoms with Crippen LogP contribution in [0, 0.1) is 0 Å². The minimum atomic E-state index is -1.07. The molecule has 0 saturated carbocycles. The van der Waals surface area contributed by atoms with E-state index in [1.807, 2.05) is 24.3 Å². The number of carbonyl (C=O) groups is 2. The molecule has 10 heteroatoms. The number of likely N-dealkylation sites (tertiary alicyclic amines) is 1. The Labute approximate surface area is 200 Å². The Bertz CT molecular complexity index is 1240. The summed E-state index contributed by atoms with van der Waals surface area (Å²) in [6.45, 7) is 1.35. The highest BCUT2D eigenvalue weighted by atomic mass is 32.1. The van der Waals surface area contributed by atoms with Crippen LogP contribution in [0.25, 0.3) is 10.2 Å². The summed E-state index contributed by atoms with van der Waals surface area (Å²) in [5, 5.41) is 18.9. The molecule has 9 nitrogen and oxygen atoms in total. The fourth-order valence-corrected chi connectivity index (χ4v) is 4.93. The molecule has 180 valence electrons. The number of H-pyrrole nitrogens is 1. The number of aliphatic carboxylic acids is 1. The van der Waals surface area contributed by atoms with E-state index >= 15 is 0 Å². The Kier molecular flexibility index (Phi) is 7.30. The monoisotopic (exact) mass is 485 g/mol. The number of carboxylic acid groups (broad SMARTS) is 1. The molecule has 1 fully saturated rings. The molecule has 1 amide bonds. The van der Waals surface area contributed by atoms with Crippen molar-refractivity contribution < 1.29 is 24.5 Å². The maximum Gasteiger partial charge on any atom is 0.341 e. The molecule has 1 saturated heterocycles. The molecule has 0 bridgehead atoms. The maximum atomic E-state index is 13.3. The number of β-amino-alcohol motifs (C(OH)–C–C–N with tert-alkyl or cyclic N) is 1. The van der Waals surface area contributed by atoms with Crippen molar-refractivity contribution in [2.45, 2.75) is 25.0 Å².